The number of sulfonamides is 1. The molecular formula is C12H27N3O2S. The molecule has 0 spiro atoms. The van der Waals surface area contributed by atoms with Crippen LogP contribution in [-0.2, 0) is 10.0 Å². The first kappa shape index (κ1) is 15.9. The number of hydrogen-bond acceptors (Lipinski definition) is 4. The SMILES string of the molecule is CCNCC(C)S(=O)(=O)NCCN(CC)C1CC1. The van der Waals surface area contributed by atoms with Crippen molar-refractivity contribution in [1.82, 2.24) is 14.9 Å². The molecule has 0 aliphatic heterocycles. The zero-order valence-electron chi connectivity index (χ0n) is 11.8. The van der Waals surface area contributed by atoms with Gasteiger partial charge < -0.3 is 5.32 Å². The molecular weight excluding hydrogens is 250 g/mol. The minimum atomic E-state index is -3.18. The quantitative estimate of drug-likeness (QED) is 0.606. The van der Waals surface area contributed by atoms with Crippen LogP contribution in [0.4, 0.5) is 0 Å². The van der Waals surface area contributed by atoms with Gasteiger partial charge in [-0.2, -0.15) is 0 Å². The number of nitrogens with zero attached hydrogens (tertiary/aromatic N) is 1. The highest BCUT2D eigenvalue weighted by atomic mass is 32.2. The Labute approximate surface area is 111 Å². The maximum atomic E-state index is 11.9. The van der Waals surface area contributed by atoms with E-state index in [0.717, 1.165) is 19.6 Å². The van der Waals surface area contributed by atoms with Gasteiger partial charge >= 0.3 is 0 Å². The Kier molecular flexibility index (Phi) is 6.55. The molecule has 0 aromatic rings. The molecule has 0 radical (unpaired) electrons. The predicted octanol–water partition coefficient (Wildman–Crippen LogP) is 0.388. The average molecular weight is 277 g/mol. The van der Waals surface area contributed by atoms with Gasteiger partial charge in [0.25, 0.3) is 0 Å². The topological polar surface area (TPSA) is 61.4 Å². The molecule has 1 atom stereocenters. The van der Waals surface area contributed by atoms with E-state index in [1.165, 1.54) is 12.8 Å². The van der Waals surface area contributed by atoms with E-state index in [2.05, 4.69) is 21.9 Å². The van der Waals surface area contributed by atoms with E-state index in [9.17, 15) is 8.42 Å². The molecule has 2 N–H and O–H groups in total. The van der Waals surface area contributed by atoms with Crippen LogP contribution in [0.5, 0.6) is 0 Å². The van der Waals surface area contributed by atoms with Crippen LogP contribution in [0.25, 0.3) is 0 Å². The van der Waals surface area contributed by atoms with Crippen molar-refractivity contribution >= 4 is 10.0 Å². The Morgan fingerprint density at radius 3 is 2.50 bits per heavy atom. The van der Waals surface area contributed by atoms with Crippen molar-refractivity contribution in [3.63, 3.8) is 0 Å². The fraction of sp³-hybridized carbons (Fsp3) is 1.00. The molecule has 0 heterocycles. The van der Waals surface area contributed by atoms with Crippen LogP contribution < -0.4 is 10.0 Å². The summed E-state index contributed by atoms with van der Waals surface area (Å²) in [5.41, 5.74) is 0. The summed E-state index contributed by atoms with van der Waals surface area (Å²) in [4.78, 5) is 2.34. The van der Waals surface area contributed by atoms with Crippen molar-refractivity contribution in [2.45, 2.75) is 44.9 Å². The van der Waals surface area contributed by atoms with Gasteiger partial charge in [-0.25, -0.2) is 13.1 Å². The van der Waals surface area contributed by atoms with E-state index in [4.69, 9.17) is 0 Å². The van der Waals surface area contributed by atoms with Gasteiger partial charge in [0, 0.05) is 25.7 Å². The summed E-state index contributed by atoms with van der Waals surface area (Å²) in [6, 6.07) is 0.693. The second kappa shape index (κ2) is 7.43. The van der Waals surface area contributed by atoms with Gasteiger partial charge in [0.15, 0.2) is 0 Å². The summed E-state index contributed by atoms with van der Waals surface area (Å²) >= 11 is 0. The zero-order chi connectivity index (χ0) is 13.6. The summed E-state index contributed by atoms with van der Waals surface area (Å²) in [6.07, 6.45) is 2.52. The summed E-state index contributed by atoms with van der Waals surface area (Å²) < 4.78 is 26.5. The molecule has 0 aromatic heterocycles. The molecule has 6 heteroatoms. The Bertz CT molecular complexity index is 328. The molecule has 1 fully saturated rings. The molecule has 1 saturated carbocycles. The second-order valence-electron chi connectivity index (χ2n) is 4.92. The molecule has 18 heavy (non-hydrogen) atoms. The van der Waals surface area contributed by atoms with Crippen LogP contribution in [0.15, 0.2) is 0 Å². The van der Waals surface area contributed by atoms with Crippen molar-refractivity contribution in [2.24, 2.45) is 0 Å². The van der Waals surface area contributed by atoms with Gasteiger partial charge in [0.2, 0.25) is 10.0 Å². The van der Waals surface area contributed by atoms with Gasteiger partial charge in [-0.15, -0.1) is 0 Å². The van der Waals surface area contributed by atoms with Crippen molar-refractivity contribution in [1.29, 1.82) is 0 Å². The highest BCUT2D eigenvalue weighted by molar-refractivity contribution is 7.90. The zero-order valence-corrected chi connectivity index (χ0v) is 12.6. The van der Waals surface area contributed by atoms with E-state index in [1.807, 2.05) is 6.92 Å². The third-order valence-corrected chi connectivity index (χ3v) is 5.22. The van der Waals surface area contributed by atoms with Crippen LogP contribution in [0, 0.1) is 0 Å². The summed E-state index contributed by atoms with van der Waals surface area (Å²) in [5.74, 6) is 0. The van der Waals surface area contributed by atoms with Crippen LogP contribution >= 0.6 is 0 Å². The summed E-state index contributed by atoms with van der Waals surface area (Å²) in [7, 11) is -3.18. The Morgan fingerprint density at radius 2 is 2.00 bits per heavy atom. The first-order valence-corrected chi connectivity index (χ1v) is 8.49. The molecule has 1 unspecified atom stereocenters. The Morgan fingerprint density at radius 1 is 1.33 bits per heavy atom. The third kappa shape index (κ3) is 5.22. The number of nitrogens with one attached hydrogen (secondary N) is 2. The molecule has 1 aliphatic rings. The monoisotopic (exact) mass is 277 g/mol. The number of hydrogen-bond donors (Lipinski definition) is 2. The van der Waals surface area contributed by atoms with Crippen molar-refractivity contribution in [2.75, 3.05) is 32.7 Å². The predicted molar refractivity (Wildman–Crippen MR) is 75.2 cm³/mol. The molecule has 0 bridgehead atoms. The van der Waals surface area contributed by atoms with Crippen LogP contribution in [0.1, 0.15) is 33.6 Å². The van der Waals surface area contributed by atoms with Crippen molar-refractivity contribution in [3.8, 4) is 0 Å². The smallest absolute Gasteiger partial charge is 0.215 e. The van der Waals surface area contributed by atoms with Gasteiger partial charge in [-0.1, -0.05) is 13.8 Å². The Hall–Kier alpha value is -0.170. The lowest BCUT2D eigenvalue weighted by molar-refractivity contribution is 0.282. The molecule has 0 aromatic carbocycles. The first-order chi connectivity index (χ1) is 8.51. The van der Waals surface area contributed by atoms with E-state index in [0.29, 0.717) is 19.1 Å². The fourth-order valence-electron chi connectivity index (χ4n) is 1.97. The molecule has 0 amide bonds. The van der Waals surface area contributed by atoms with Gasteiger partial charge in [-0.05, 0) is 32.9 Å². The van der Waals surface area contributed by atoms with Gasteiger partial charge in [0.05, 0.1) is 5.25 Å². The van der Waals surface area contributed by atoms with Crippen molar-refractivity contribution in [3.05, 3.63) is 0 Å². The first-order valence-electron chi connectivity index (χ1n) is 6.94. The largest absolute Gasteiger partial charge is 0.316 e. The van der Waals surface area contributed by atoms with Crippen molar-refractivity contribution < 1.29 is 8.42 Å². The highest BCUT2D eigenvalue weighted by Crippen LogP contribution is 2.25. The third-order valence-electron chi connectivity index (χ3n) is 3.38. The van der Waals surface area contributed by atoms with E-state index in [-0.39, 0.29) is 5.25 Å². The van der Waals surface area contributed by atoms with Crippen LogP contribution in [0.2, 0.25) is 0 Å². The maximum Gasteiger partial charge on any atom is 0.215 e. The van der Waals surface area contributed by atoms with Gasteiger partial charge in [0.1, 0.15) is 0 Å². The summed E-state index contributed by atoms with van der Waals surface area (Å²) in [6.45, 7) is 9.47. The average Bonchev–Trinajstić information content (AvgIpc) is 3.15. The van der Waals surface area contributed by atoms with E-state index < -0.39 is 10.0 Å². The fourth-order valence-corrected chi connectivity index (χ4v) is 2.97. The lowest BCUT2D eigenvalue weighted by atomic mass is 10.4. The summed E-state index contributed by atoms with van der Waals surface area (Å²) in [5, 5.41) is 2.68. The van der Waals surface area contributed by atoms with Crippen LogP contribution in [-0.4, -0.2) is 57.3 Å². The molecule has 108 valence electrons. The van der Waals surface area contributed by atoms with Gasteiger partial charge in [-0.3, -0.25) is 4.90 Å². The molecule has 5 nitrogen and oxygen atoms in total. The van der Waals surface area contributed by atoms with E-state index in [1.54, 1.807) is 6.92 Å². The lowest BCUT2D eigenvalue weighted by Crippen LogP contribution is -2.42. The molecule has 1 rings (SSSR count). The lowest BCUT2D eigenvalue weighted by Gasteiger charge is -2.21. The molecule has 0 saturated heterocycles. The standard InChI is InChI=1S/C12H27N3O2S/c1-4-13-10-11(3)18(16,17)14-8-9-15(5-2)12-6-7-12/h11-14H,4-10H2,1-3H3. The normalized spacial score (nSPS) is 18.2. The molecule has 1 aliphatic carbocycles. The second-order valence-corrected chi connectivity index (χ2v) is 7.10. The Balaban J connectivity index is 2.27. The maximum absolute atomic E-state index is 11.9. The van der Waals surface area contributed by atoms with Crippen LogP contribution in [0.3, 0.4) is 0 Å². The highest BCUT2D eigenvalue weighted by Gasteiger charge is 2.27. The number of rotatable bonds is 10. The number of likely N-dealkylation sites (N-methyl/N-ethyl adjacent to an activating group) is 1. The van der Waals surface area contributed by atoms with E-state index >= 15 is 0 Å². The minimum Gasteiger partial charge on any atom is -0.316 e. The minimum absolute atomic E-state index is 0.381.